The van der Waals surface area contributed by atoms with Crippen molar-refractivity contribution in [2.45, 2.75) is 10.8 Å². The van der Waals surface area contributed by atoms with E-state index >= 15 is 0 Å². The highest BCUT2D eigenvalue weighted by atomic mass is 32.2. The lowest BCUT2D eigenvalue weighted by atomic mass is 9.83. The molecule has 10 heteroatoms. The summed E-state index contributed by atoms with van der Waals surface area (Å²) in [5.41, 5.74) is 6.43. The van der Waals surface area contributed by atoms with Crippen molar-refractivity contribution in [2.75, 3.05) is 0 Å². The molecule has 0 saturated carbocycles. The summed E-state index contributed by atoms with van der Waals surface area (Å²) in [7, 11) is -4.35. The van der Waals surface area contributed by atoms with E-state index in [-0.39, 0.29) is 33.4 Å². The van der Waals surface area contributed by atoms with Gasteiger partial charge in [-0.25, -0.2) is 13.2 Å². The maximum Gasteiger partial charge on any atom is 0.339 e. The third kappa shape index (κ3) is 3.86. The Labute approximate surface area is 181 Å². The van der Waals surface area contributed by atoms with Gasteiger partial charge in [0.1, 0.15) is 33.9 Å². The van der Waals surface area contributed by atoms with E-state index in [0.29, 0.717) is 5.56 Å². The monoisotopic (exact) mass is 458 g/mol. The first-order valence-electron chi connectivity index (χ1n) is 9.06. The molecule has 6 nitrogen and oxygen atoms in total. The Kier molecular flexibility index (Phi) is 5.28. The molecule has 3 aromatic carbocycles. The van der Waals surface area contributed by atoms with Crippen LogP contribution in [0.5, 0.6) is 11.5 Å². The van der Waals surface area contributed by atoms with Gasteiger partial charge >= 0.3 is 10.1 Å². The number of hydrogen-bond donors (Lipinski definition) is 1. The first-order valence-corrected chi connectivity index (χ1v) is 10.5. The normalized spacial score (nSPS) is 15.5. The Morgan fingerprint density at radius 3 is 2.47 bits per heavy atom. The maximum atomic E-state index is 13.8. The molecule has 3 aromatic rings. The summed E-state index contributed by atoms with van der Waals surface area (Å²) in [4.78, 5) is -0.387. The van der Waals surface area contributed by atoms with Crippen LogP contribution in [0.2, 0.25) is 0 Å². The minimum absolute atomic E-state index is 0.0236. The Morgan fingerprint density at radius 1 is 1.00 bits per heavy atom. The minimum Gasteiger partial charge on any atom is -0.440 e. The third-order valence-corrected chi connectivity index (χ3v) is 6.00. The van der Waals surface area contributed by atoms with Crippen molar-refractivity contribution in [3.63, 3.8) is 0 Å². The van der Waals surface area contributed by atoms with Crippen LogP contribution in [0.1, 0.15) is 17.0 Å². The second-order valence-electron chi connectivity index (χ2n) is 6.79. The summed E-state index contributed by atoms with van der Waals surface area (Å²) in [6.45, 7) is 0. The van der Waals surface area contributed by atoms with Crippen molar-refractivity contribution in [3.05, 3.63) is 101 Å². The molecule has 1 atom stereocenters. The average molecular weight is 458 g/mol. The number of fused-ring (bicyclic) bond motifs is 1. The Balaban J connectivity index is 1.75. The summed E-state index contributed by atoms with van der Waals surface area (Å²) < 4.78 is 76.1. The molecular formula is C22H13F3N2O4S. The molecule has 162 valence electrons. The summed E-state index contributed by atoms with van der Waals surface area (Å²) >= 11 is 0. The molecule has 1 heterocycles. The number of halogens is 3. The first-order chi connectivity index (χ1) is 15.2. The summed E-state index contributed by atoms with van der Waals surface area (Å²) in [5.74, 6) is -4.17. The van der Waals surface area contributed by atoms with Gasteiger partial charge in [-0.1, -0.05) is 18.2 Å². The van der Waals surface area contributed by atoms with E-state index < -0.39 is 33.5 Å². The molecule has 1 aliphatic rings. The Hall–Kier alpha value is -3.97. The zero-order valence-electron chi connectivity index (χ0n) is 16.1. The molecule has 0 aromatic heterocycles. The van der Waals surface area contributed by atoms with E-state index in [4.69, 9.17) is 14.7 Å². The smallest absolute Gasteiger partial charge is 0.339 e. The van der Waals surface area contributed by atoms with Crippen LogP contribution in [0.4, 0.5) is 13.2 Å². The zero-order valence-corrected chi connectivity index (χ0v) is 16.9. The number of ether oxygens (including phenoxy) is 1. The largest absolute Gasteiger partial charge is 0.440 e. The van der Waals surface area contributed by atoms with Crippen molar-refractivity contribution in [3.8, 4) is 17.6 Å². The van der Waals surface area contributed by atoms with Gasteiger partial charge in [0.2, 0.25) is 5.88 Å². The van der Waals surface area contributed by atoms with Crippen molar-refractivity contribution < 1.29 is 30.5 Å². The number of nitriles is 1. The second-order valence-corrected chi connectivity index (χ2v) is 8.34. The highest BCUT2D eigenvalue weighted by molar-refractivity contribution is 7.87. The van der Waals surface area contributed by atoms with Crippen LogP contribution in [0, 0.1) is 28.8 Å². The third-order valence-electron chi connectivity index (χ3n) is 4.76. The van der Waals surface area contributed by atoms with Gasteiger partial charge in [0.25, 0.3) is 0 Å². The predicted octanol–water partition coefficient (Wildman–Crippen LogP) is 4.09. The van der Waals surface area contributed by atoms with Gasteiger partial charge in [0.15, 0.2) is 11.6 Å². The van der Waals surface area contributed by atoms with Gasteiger partial charge in [-0.2, -0.15) is 13.7 Å². The molecule has 0 bridgehead atoms. The van der Waals surface area contributed by atoms with Crippen molar-refractivity contribution in [1.82, 2.24) is 0 Å². The lowest BCUT2D eigenvalue weighted by molar-refractivity contribution is 0.391. The van der Waals surface area contributed by atoms with Gasteiger partial charge in [-0.05, 0) is 42.0 Å². The van der Waals surface area contributed by atoms with Crippen LogP contribution >= 0.6 is 0 Å². The number of rotatable bonds is 4. The van der Waals surface area contributed by atoms with E-state index in [1.54, 1.807) is 0 Å². The van der Waals surface area contributed by atoms with Crippen LogP contribution in [-0.2, 0) is 10.1 Å². The topological polar surface area (TPSA) is 102 Å². The quantitative estimate of drug-likeness (QED) is 0.591. The SMILES string of the molecule is N#CC1=C(N)Oc2cc(OS(=O)(=O)c3cccc(F)c3)ccc2C1c1ccc(F)c(F)c1. The van der Waals surface area contributed by atoms with Gasteiger partial charge < -0.3 is 14.7 Å². The molecule has 0 amide bonds. The summed E-state index contributed by atoms with van der Waals surface area (Å²) in [6, 6.07) is 13.3. The summed E-state index contributed by atoms with van der Waals surface area (Å²) in [6.07, 6.45) is 0. The predicted molar refractivity (Wildman–Crippen MR) is 106 cm³/mol. The summed E-state index contributed by atoms with van der Waals surface area (Å²) in [5, 5.41) is 9.53. The van der Waals surface area contributed by atoms with E-state index in [9.17, 15) is 26.9 Å². The lowest BCUT2D eigenvalue weighted by Crippen LogP contribution is -2.21. The van der Waals surface area contributed by atoms with E-state index in [2.05, 4.69) is 0 Å². The van der Waals surface area contributed by atoms with Crippen LogP contribution in [0.25, 0.3) is 0 Å². The molecule has 2 N–H and O–H groups in total. The average Bonchev–Trinajstić information content (AvgIpc) is 2.74. The van der Waals surface area contributed by atoms with Crippen LogP contribution < -0.4 is 14.7 Å². The molecular weight excluding hydrogens is 445 g/mol. The molecule has 0 saturated heterocycles. The highest BCUT2D eigenvalue weighted by Crippen LogP contribution is 2.43. The Bertz CT molecular complexity index is 1410. The number of nitrogens with two attached hydrogens (primary N) is 1. The molecule has 1 aliphatic heterocycles. The van der Waals surface area contributed by atoms with E-state index in [1.165, 1.54) is 36.4 Å². The molecule has 0 fully saturated rings. The number of benzene rings is 3. The zero-order chi connectivity index (χ0) is 23.0. The van der Waals surface area contributed by atoms with Crippen molar-refractivity contribution >= 4 is 10.1 Å². The van der Waals surface area contributed by atoms with Gasteiger partial charge in [0, 0.05) is 11.6 Å². The maximum absolute atomic E-state index is 13.8. The van der Waals surface area contributed by atoms with Gasteiger partial charge in [-0.3, -0.25) is 0 Å². The van der Waals surface area contributed by atoms with Crippen LogP contribution in [0.15, 0.2) is 77.0 Å². The van der Waals surface area contributed by atoms with Gasteiger partial charge in [-0.15, -0.1) is 0 Å². The van der Waals surface area contributed by atoms with E-state index in [0.717, 1.165) is 24.3 Å². The fourth-order valence-electron chi connectivity index (χ4n) is 3.32. The molecule has 4 rings (SSSR count). The van der Waals surface area contributed by atoms with Crippen LogP contribution in [0.3, 0.4) is 0 Å². The molecule has 0 spiro atoms. The second kappa shape index (κ2) is 7.94. The van der Waals surface area contributed by atoms with Gasteiger partial charge in [0.05, 0.1) is 5.92 Å². The number of hydrogen-bond acceptors (Lipinski definition) is 6. The van der Waals surface area contributed by atoms with Crippen LogP contribution in [-0.4, -0.2) is 8.42 Å². The van der Waals surface area contributed by atoms with E-state index in [1.807, 2.05) is 6.07 Å². The van der Waals surface area contributed by atoms with Crippen molar-refractivity contribution in [2.24, 2.45) is 5.73 Å². The lowest BCUT2D eigenvalue weighted by Gasteiger charge is -2.26. The molecule has 1 unspecified atom stereocenters. The number of allylic oxidation sites excluding steroid dienone is 1. The highest BCUT2D eigenvalue weighted by Gasteiger charge is 2.32. The Morgan fingerprint density at radius 2 is 1.78 bits per heavy atom. The molecule has 0 aliphatic carbocycles. The molecule has 0 radical (unpaired) electrons. The standard InChI is InChI=1S/C22H13F3N2O4S/c23-13-2-1-3-15(9-13)32(28,29)31-14-5-6-16-20(10-14)30-22(27)17(11-26)21(16)12-4-7-18(24)19(25)8-12/h1-10,21H,27H2. The minimum atomic E-state index is -4.35. The fraction of sp³-hybridized carbons (Fsp3) is 0.0455. The fourth-order valence-corrected chi connectivity index (χ4v) is 4.28. The van der Waals surface area contributed by atoms with Crippen molar-refractivity contribution in [1.29, 1.82) is 5.26 Å². The molecule has 32 heavy (non-hydrogen) atoms. The number of nitrogens with zero attached hydrogens (tertiary/aromatic N) is 1. The first kappa shape index (κ1) is 21.3.